The van der Waals surface area contributed by atoms with Crippen molar-refractivity contribution in [3.8, 4) is 0 Å². The smallest absolute Gasteiger partial charge is 0.283 e. The minimum absolute atomic E-state index is 0.132. The topological polar surface area (TPSA) is 46.9 Å². The zero-order chi connectivity index (χ0) is 14.3. The average Bonchev–Trinajstić information content (AvgIpc) is 2.37. The minimum atomic E-state index is -0.132. The van der Waals surface area contributed by atoms with E-state index in [4.69, 9.17) is 0 Å². The van der Waals surface area contributed by atoms with E-state index in [-0.39, 0.29) is 5.56 Å². The van der Waals surface area contributed by atoms with Gasteiger partial charge < -0.3 is 5.32 Å². The predicted octanol–water partition coefficient (Wildman–Crippen LogP) is 3.43. The number of rotatable bonds is 8. The van der Waals surface area contributed by atoms with Crippen molar-refractivity contribution in [3.05, 3.63) is 33.7 Å². The number of aromatic nitrogens is 2. The van der Waals surface area contributed by atoms with Crippen LogP contribution in [0.5, 0.6) is 0 Å². The van der Waals surface area contributed by atoms with E-state index in [1.165, 1.54) is 17.5 Å². The Morgan fingerprint density at radius 1 is 1.53 bits per heavy atom. The normalized spacial score (nSPS) is 10.7. The lowest BCUT2D eigenvalue weighted by atomic mass is 10.1. The quantitative estimate of drug-likeness (QED) is 0.587. The van der Waals surface area contributed by atoms with Gasteiger partial charge in [-0.05, 0) is 28.3 Å². The second-order valence-corrected chi connectivity index (χ2v) is 5.76. The molecule has 0 aliphatic carbocycles. The number of allylic oxidation sites excluding steroid dienone is 1. The van der Waals surface area contributed by atoms with Gasteiger partial charge in [-0.2, -0.15) is 5.10 Å². The van der Waals surface area contributed by atoms with Gasteiger partial charge in [0.2, 0.25) is 0 Å². The van der Waals surface area contributed by atoms with Crippen LogP contribution in [0.4, 0.5) is 5.69 Å². The lowest BCUT2D eigenvalue weighted by Gasteiger charge is -2.10. The van der Waals surface area contributed by atoms with Gasteiger partial charge in [-0.15, -0.1) is 6.58 Å². The highest BCUT2D eigenvalue weighted by molar-refractivity contribution is 9.10. The Bertz CT molecular complexity index is 468. The van der Waals surface area contributed by atoms with Crippen LogP contribution in [0.1, 0.15) is 33.1 Å². The van der Waals surface area contributed by atoms with Crippen LogP contribution in [-0.2, 0) is 6.54 Å². The standard InChI is InChI=1S/C14H22BrN3O/c1-4-9-18-14(19)13(15)12(10-17-18)16-8-6-5-7-11(2)3/h4,10-11,16H,1,5-9H2,2-3H3. The molecule has 0 spiro atoms. The molecular weight excluding hydrogens is 306 g/mol. The van der Waals surface area contributed by atoms with Gasteiger partial charge in [0.05, 0.1) is 18.4 Å². The van der Waals surface area contributed by atoms with E-state index in [0.717, 1.165) is 24.6 Å². The Balaban J connectivity index is 2.53. The number of nitrogens with one attached hydrogen (secondary N) is 1. The Morgan fingerprint density at radius 3 is 2.89 bits per heavy atom. The first kappa shape index (κ1) is 16.0. The van der Waals surface area contributed by atoms with Crippen LogP contribution in [0.25, 0.3) is 0 Å². The zero-order valence-corrected chi connectivity index (χ0v) is 13.2. The van der Waals surface area contributed by atoms with Gasteiger partial charge in [0.1, 0.15) is 4.47 Å². The fourth-order valence-corrected chi connectivity index (χ4v) is 2.19. The molecule has 0 saturated heterocycles. The van der Waals surface area contributed by atoms with E-state index in [1.54, 1.807) is 12.3 Å². The van der Waals surface area contributed by atoms with Crippen LogP contribution < -0.4 is 10.9 Å². The van der Waals surface area contributed by atoms with Gasteiger partial charge in [0, 0.05) is 6.54 Å². The molecule has 1 rings (SSSR count). The fraction of sp³-hybridized carbons (Fsp3) is 0.571. The Labute approximate surface area is 123 Å². The monoisotopic (exact) mass is 327 g/mol. The first-order valence-corrected chi connectivity index (χ1v) is 7.46. The summed E-state index contributed by atoms with van der Waals surface area (Å²) in [7, 11) is 0. The summed E-state index contributed by atoms with van der Waals surface area (Å²) < 4.78 is 1.91. The first-order chi connectivity index (χ1) is 9.06. The predicted molar refractivity (Wildman–Crippen MR) is 83.6 cm³/mol. The summed E-state index contributed by atoms with van der Waals surface area (Å²) >= 11 is 3.32. The van der Waals surface area contributed by atoms with Gasteiger partial charge in [-0.25, -0.2) is 4.68 Å². The van der Waals surface area contributed by atoms with Crippen molar-refractivity contribution < 1.29 is 0 Å². The molecule has 0 fully saturated rings. The summed E-state index contributed by atoms with van der Waals surface area (Å²) in [6.45, 7) is 9.34. The lowest BCUT2D eigenvalue weighted by molar-refractivity contribution is 0.544. The molecule has 0 saturated carbocycles. The van der Waals surface area contributed by atoms with Crippen molar-refractivity contribution >= 4 is 21.6 Å². The molecule has 5 heteroatoms. The molecule has 0 unspecified atom stereocenters. The van der Waals surface area contributed by atoms with Crippen LogP contribution >= 0.6 is 15.9 Å². The van der Waals surface area contributed by atoms with E-state index >= 15 is 0 Å². The van der Waals surface area contributed by atoms with E-state index in [0.29, 0.717) is 11.0 Å². The van der Waals surface area contributed by atoms with Crippen molar-refractivity contribution in [1.29, 1.82) is 0 Å². The summed E-state index contributed by atoms with van der Waals surface area (Å²) in [5.74, 6) is 0.747. The molecule has 1 aromatic heterocycles. The van der Waals surface area contributed by atoms with E-state index < -0.39 is 0 Å². The fourth-order valence-electron chi connectivity index (χ4n) is 1.74. The third-order valence-electron chi connectivity index (χ3n) is 2.81. The van der Waals surface area contributed by atoms with Gasteiger partial charge in [0.25, 0.3) is 5.56 Å². The summed E-state index contributed by atoms with van der Waals surface area (Å²) in [6, 6.07) is 0. The highest BCUT2D eigenvalue weighted by Crippen LogP contribution is 2.16. The molecule has 0 aliphatic heterocycles. The molecule has 19 heavy (non-hydrogen) atoms. The van der Waals surface area contributed by atoms with Crippen LogP contribution in [-0.4, -0.2) is 16.3 Å². The number of halogens is 1. The summed E-state index contributed by atoms with van der Waals surface area (Å²) in [5, 5.41) is 7.34. The SMILES string of the molecule is C=CCn1ncc(NCCCCC(C)C)c(Br)c1=O. The molecule has 106 valence electrons. The third kappa shape index (κ3) is 5.19. The number of hydrogen-bond donors (Lipinski definition) is 1. The van der Waals surface area contributed by atoms with Crippen LogP contribution in [0.2, 0.25) is 0 Å². The number of hydrogen-bond acceptors (Lipinski definition) is 3. The molecule has 0 aromatic carbocycles. The summed E-state index contributed by atoms with van der Waals surface area (Å²) in [5.41, 5.74) is 0.627. The van der Waals surface area contributed by atoms with E-state index in [9.17, 15) is 4.79 Å². The zero-order valence-electron chi connectivity index (χ0n) is 11.7. The molecule has 0 aliphatic rings. The maximum atomic E-state index is 11.9. The van der Waals surface area contributed by atoms with Gasteiger partial charge in [0.15, 0.2) is 0 Å². The summed E-state index contributed by atoms with van der Waals surface area (Å²) in [6.07, 6.45) is 6.86. The molecule has 0 bridgehead atoms. The molecule has 0 amide bonds. The molecule has 4 nitrogen and oxygen atoms in total. The van der Waals surface area contributed by atoms with Gasteiger partial charge in [-0.3, -0.25) is 4.79 Å². The van der Waals surface area contributed by atoms with Gasteiger partial charge in [-0.1, -0.05) is 32.8 Å². The minimum Gasteiger partial charge on any atom is -0.383 e. The van der Waals surface area contributed by atoms with Crippen LogP contribution in [0.3, 0.4) is 0 Å². The summed E-state index contributed by atoms with van der Waals surface area (Å²) in [4.78, 5) is 11.9. The Morgan fingerprint density at radius 2 is 2.26 bits per heavy atom. The van der Waals surface area contributed by atoms with Crippen LogP contribution in [0.15, 0.2) is 28.1 Å². The second kappa shape index (κ2) is 8.15. The largest absolute Gasteiger partial charge is 0.383 e. The number of unbranched alkanes of at least 4 members (excludes halogenated alkanes) is 1. The number of anilines is 1. The van der Waals surface area contributed by atoms with Crippen molar-refractivity contribution in [2.75, 3.05) is 11.9 Å². The highest BCUT2D eigenvalue weighted by atomic mass is 79.9. The van der Waals surface area contributed by atoms with Gasteiger partial charge >= 0.3 is 0 Å². The van der Waals surface area contributed by atoms with Crippen molar-refractivity contribution in [2.24, 2.45) is 5.92 Å². The van der Waals surface area contributed by atoms with Crippen LogP contribution in [0, 0.1) is 5.92 Å². The molecule has 1 N–H and O–H groups in total. The maximum Gasteiger partial charge on any atom is 0.283 e. The second-order valence-electron chi connectivity index (χ2n) is 4.96. The first-order valence-electron chi connectivity index (χ1n) is 6.66. The Kier molecular flexibility index (Phi) is 6.84. The molecule has 1 heterocycles. The van der Waals surface area contributed by atoms with E-state index in [2.05, 4.69) is 46.8 Å². The van der Waals surface area contributed by atoms with Crippen molar-refractivity contribution in [1.82, 2.24) is 9.78 Å². The molecular formula is C14H22BrN3O. The Hall–Kier alpha value is -1.10. The maximum absolute atomic E-state index is 11.9. The highest BCUT2D eigenvalue weighted by Gasteiger charge is 2.07. The molecule has 0 radical (unpaired) electrons. The van der Waals surface area contributed by atoms with Crippen molar-refractivity contribution in [2.45, 2.75) is 39.7 Å². The average molecular weight is 328 g/mol. The molecule has 1 aromatic rings. The molecule has 0 atom stereocenters. The lowest BCUT2D eigenvalue weighted by Crippen LogP contribution is -2.24. The van der Waals surface area contributed by atoms with Crippen molar-refractivity contribution in [3.63, 3.8) is 0 Å². The van der Waals surface area contributed by atoms with E-state index in [1.807, 2.05) is 0 Å². The number of nitrogens with zero attached hydrogens (tertiary/aromatic N) is 2. The third-order valence-corrected chi connectivity index (χ3v) is 3.58.